The Labute approximate surface area is 180 Å². The first-order valence-corrected chi connectivity index (χ1v) is 9.68. The molecule has 0 fully saturated rings. The van der Waals surface area contributed by atoms with Crippen molar-refractivity contribution in [2.75, 3.05) is 7.11 Å². The summed E-state index contributed by atoms with van der Waals surface area (Å²) in [6.07, 6.45) is -2.01. The van der Waals surface area contributed by atoms with Crippen LogP contribution in [0.4, 0.5) is 4.79 Å². The Hall–Kier alpha value is -3.59. The lowest BCUT2D eigenvalue weighted by atomic mass is 10.0. The molecule has 5 N–H and O–H groups in total. The molecule has 3 amide bonds. The topological polar surface area (TPSA) is 140 Å². The van der Waals surface area contributed by atoms with Crippen molar-refractivity contribution in [3.05, 3.63) is 65.7 Å². The molecule has 0 unspecified atom stereocenters. The van der Waals surface area contributed by atoms with Crippen molar-refractivity contribution in [1.82, 2.24) is 10.6 Å². The molecular weight excluding hydrogens is 402 g/mol. The minimum atomic E-state index is -1.34. The number of methoxy groups -OCH3 is 1. The Morgan fingerprint density at radius 1 is 1.03 bits per heavy atom. The maximum atomic E-state index is 12.6. The van der Waals surface area contributed by atoms with E-state index in [-0.39, 0.29) is 13.0 Å². The second kappa shape index (κ2) is 11.6. The number of aliphatic hydroxyl groups is 1. The van der Waals surface area contributed by atoms with Crippen molar-refractivity contribution in [2.24, 2.45) is 5.73 Å². The zero-order valence-corrected chi connectivity index (χ0v) is 17.4. The van der Waals surface area contributed by atoms with Crippen LogP contribution in [0.2, 0.25) is 0 Å². The van der Waals surface area contributed by atoms with Gasteiger partial charge in [-0.15, -0.1) is 0 Å². The van der Waals surface area contributed by atoms with Crippen molar-refractivity contribution < 1.29 is 29.0 Å². The summed E-state index contributed by atoms with van der Waals surface area (Å²) in [5, 5.41) is 14.8. The summed E-state index contributed by atoms with van der Waals surface area (Å²) in [6, 6.07) is 13.6. The van der Waals surface area contributed by atoms with Crippen LogP contribution >= 0.6 is 0 Å². The standard InChI is InChI=1S/C22H27N3O6/c1-14(26)19(25-22(29)31-13-15-7-4-3-5-8-15)21(28)24-18(20(23)27)12-16-9-6-10-17(11-16)30-2/h3-11,14,18-19,26H,12-13H2,1-2H3,(H2,23,27)(H,24,28)(H,25,29)/t14-,18+,19+/m1/s1. The van der Waals surface area contributed by atoms with Gasteiger partial charge in [0.1, 0.15) is 24.4 Å². The maximum absolute atomic E-state index is 12.6. The molecule has 0 aliphatic rings. The van der Waals surface area contributed by atoms with Gasteiger partial charge in [0.15, 0.2) is 0 Å². The summed E-state index contributed by atoms with van der Waals surface area (Å²) >= 11 is 0. The Balaban J connectivity index is 1.99. The van der Waals surface area contributed by atoms with Gasteiger partial charge in [-0.3, -0.25) is 9.59 Å². The summed E-state index contributed by atoms with van der Waals surface area (Å²) in [6.45, 7) is 1.34. The summed E-state index contributed by atoms with van der Waals surface area (Å²) in [7, 11) is 1.52. The lowest BCUT2D eigenvalue weighted by Crippen LogP contribution is -2.57. The first kappa shape index (κ1) is 23.7. The fourth-order valence-electron chi connectivity index (χ4n) is 2.82. The molecule has 9 nitrogen and oxygen atoms in total. The third kappa shape index (κ3) is 7.63. The molecule has 9 heteroatoms. The van der Waals surface area contributed by atoms with Gasteiger partial charge in [0.05, 0.1) is 13.2 Å². The van der Waals surface area contributed by atoms with Crippen LogP contribution < -0.4 is 21.1 Å². The summed E-state index contributed by atoms with van der Waals surface area (Å²) in [5.74, 6) is -0.928. The van der Waals surface area contributed by atoms with Gasteiger partial charge in [0.2, 0.25) is 11.8 Å². The van der Waals surface area contributed by atoms with Crippen LogP contribution in [-0.2, 0) is 27.4 Å². The number of primary amides is 1. The summed E-state index contributed by atoms with van der Waals surface area (Å²) in [5.41, 5.74) is 6.92. The van der Waals surface area contributed by atoms with Crippen LogP contribution in [0.3, 0.4) is 0 Å². The van der Waals surface area contributed by atoms with Gasteiger partial charge in [-0.1, -0.05) is 42.5 Å². The minimum absolute atomic E-state index is 0.000568. The number of hydrogen-bond donors (Lipinski definition) is 4. The Kier molecular flexibility index (Phi) is 8.83. The fourth-order valence-corrected chi connectivity index (χ4v) is 2.82. The van der Waals surface area contributed by atoms with Crippen molar-refractivity contribution in [3.8, 4) is 5.75 Å². The number of aliphatic hydroxyl groups excluding tert-OH is 1. The molecule has 2 aromatic rings. The van der Waals surface area contributed by atoms with Gasteiger partial charge < -0.3 is 30.9 Å². The number of ether oxygens (including phenoxy) is 2. The van der Waals surface area contributed by atoms with Gasteiger partial charge in [-0.2, -0.15) is 0 Å². The number of carbonyl (C=O) groups excluding carboxylic acids is 3. The van der Waals surface area contributed by atoms with E-state index in [0.717, 1.165) is 5.56 Å². The normalized spacial score (nSPS) is 13.4. The lowest BCUT2D eigenvalue weighted by molar-refractivity contribution is -0.130. The molecule has 0 bridgehead atoms. The predicted octanol–water partition coefficient (Wildman–Crippen LogP) is 0.884. The van der Waals surface area contributed by atoms with Crippen LogP contribution in [0.15, 0.2) is 54.6 Å². The fraction of sp³-hybridized carbons (Fsp3) is 0.318. The van der Waals surface area contributed by atoms with Crippen LogP contribution in [0.1, 0.15) is 18.1 Å². The van der Waals surface area contributed by atoms with Crippen LogP contribution in [0.25, 0.3) is 0 Å². The molecule has 0 aliphatic heterocycles. The zero-order chi connectivity index (χ0) is 22.8. The number of nitrogens with two attached hydrogens (primary N) is 1. The molecule has 0 aliphatic carbocycles. The molecule has 0 heterocycles. The van der Waals surface area contributed by atoms with Crippen LogP contribution in [0, 0.1) is 0 Å². The number of nitrogens with one attached hydrogen (secondary N) is 2. The number of alkyl carbamates (subject to hydrolysis) is 1. The Bertz CT molecular complexity index is 888. The first-order valence-electron chi connectivity index (χ1n) is 9.68. The van der Waals surface area contributed by atoms with E-state index in [9.17, 15) is 19.5 Å². The summed E-state index contributed by atoms with van der Waals surface area (Å²) < 4.78 is 10.2. The second-order valence-corrected chi connectivity index (χ2v) is 6.94. The number of hydrogen-bond acceptors (Lipinski definition) is 6. The average molecular weight is 429 g/mol. The predicted molar refractivity (Wildman–Crippen MR) is 113 cm³/mol. The largest absolute Gasteiger partial charge is 0.497 e. The number of rotatable bonds is 10. The number of benzene rings is 2. The highest BCUT2D eigenvalue weighted by Gasteiger charge is 2.29. The SMILES string of the molecule is COc1cccc(C[C@H](NC(=O)[C@@H](NC(=O)OCc2ccccc2)[C@@H](C)O)C(N)=O)c1. The van der Waals surface area contributed by atoms with Crippen LogP contribution in [-0.4, -0.2) is 48.3 Å². The maximum Gasteiger partial charge on any atom is 0.408 e. The molecule has 2 aromatic carbocycles. The molecule has 0 aromatic heterocycles. The van der Waals surface area contributed by atoms with Crippen molar-refractivity contribution in [1.29, 1.82) is 0 Å². The van der Waals surface area contributed by atoms with E-state index in [0.29, 0.717) is 11.3 Å². The average Bonchev–Trinajstić information content (AvgIpc) is 2.76. The molecule has 166 valence electrons. The molecule has 31 heavy (non-hydrogen) atoms. The van der Waals surface area contributed by atoms with Crippen molar-refractivity contribution in [2.45, 2.75) is 38.1 Å². The first-order chi connectivity index (χ1) is 14.8. The molecular formula is C22H27N3O6. The van der Waals surface area contributed by atoms with E-state index < -0.39 is 36.1 Å². The third-order valence-electron chi connectivity index (χ3n) is 4.48. The molecule has 3 atom stereocenters. The second-order valence-electron chi connectivity index (χ2n) is 6.94. The summed E-state index contributed by atoms with van der Waals surface area (Å²) in [4.78, 5) is 36.6. The van der Waals surface area contributed by atoms with Gasteiger partial charge in [-0.05, 0) is 30.2 Å². The highest BCUT2D eigenvalue weighted by atomic mass is 16.5. The van der Waals surface area contributed by atoms with E-state index in [1.54, 1.807) is 48.5 Å². The van der Waals surface area contributed by atoms with E-state index in [4.69, 9.17) is 15.2 Å². The highest BCUT2D eigenvalue weighted by Crippen LogP contribution is 2.14. The lowest BCUT2D eigenvalue weighted by Gasteiger charge is -2.23. The van der Waals surface area contributed by atoms with Crippen LogP contribution in [0.5, 0.6) is 5.75 Å². The van der Waals surface area contributed by atoms with Gasteiger partial charge in [0.25, 0.3) is 0 Å². The van der Waals surface area contributed by atoms with E-state index in [1.165, 1.54) is 14.0 Å². The van der Waals surface area contributed by atoms with Gasteiger partial charge in [-0.25, -0.2) is 4.79 Å². The Morgan fingerprint density at radius 2 is 1.71 bits per heavy atom. The smallest absolute Gasteiger partial charge is 0.408 e. The molecule has 2 rings (SSSR count). The van der Waals surface area contributed by atoms with Crippen molar-refractivity contribution >= 4 is 17.9 Å². The van der Waals surface area contributed by atoms with E-state index in [1.807, 2.05) is 6.07 Å². The number of amides is 3. The third-order valence-corrected chi connectivity index (χ3v) is 4.48. The Morgan fingerprint density at radius 3 is 2.32 bits per heavy atom. The quantitative estimate of drug-likeness (QED) is 0.442. The minimum Gasteiger partial charge on any atom is -0.497 e. The van der Waals surface area contributed by atoms with Gasteiger partial charge in [0, 0.05) is 6.42 Å². The van der Waals surface area contributed by atoms with Gasteiger partial charge >= 0.3 is 6.09 Å². The molecule has 0 radical (unpaired) electrons. The monoisotopic (exact) mass is 429 g/mol. The molecule has 0 saturated heterocycles. The number of carbonyl (C=O) groups is 3. The zero-order valence-electron chi connectivity index (χ0n) is 17.4. The molecule has 0 saturated carbocycles. The molecule has 0 spiro atoms. The highest BCUT2D eigenvalue weighted by molar-refractivity contribution is 5.91. The van der Waals surface area contributed by atoms with E-state index >= 15 is 0 Å². The van der Waals surface area contributed by atoms with E-state index in [2.05, 4.69) is 10.6 Å². The van der Waals surface area contributed by atoms with Crippen molar-refractivity contribution in [3.63, 3.8) is 0 Å².